The highest BCUT2D eigenvalue weighted by Crippen LogP contribution is 2.30. The van der Waals surface area contributed by atoms with E-state index >= 15 is 0 Å². The molecule has 2 aliphatic rings. The first-order chi connectivity index (χ1) is 12.8. The number of fused-ring (bicyclic) bond motifs is 1. The summed E-state index contributed by atoms with van der Waals surface area (Å²) in [5.74, 6) is 1.51. The van der Waals surface area contributed by atoms with Crippen LogP contribution < -0.4 is 14.8 Å². The maximum Gasteiger partial charge on any atom is 0.317 e. The number of urea groups is 1. The van der Waals surface area contributed by atoms with Crippen molar-refractivity contribution < 1.29 is 14.3 Å². The monoisotopic (exact) mass is 350 g/mol. The molecule has 2 amide bonds. The van der Waals surface area contributed by atoms with E-state index in [0.29, 0.717) is 26.3 Å². The lowest BCUT2D eigenvalue weighted by Crippen LogP contribution is -2.41. The van der Waals surface area contributed by atoms with Gasteiger partial charge in [-0.1, -0.05) is 42.5 Å². The van der Waals surface area contributed by atoms with Crippen LogP contribution >= 0.6 is 0 Å². The minimum absolute atomic E-state index is 0.0387. The van der Waals surface area contributed by atoms with Crippen molar-refractivity contribution in [1.82, 2.24) is 10.2 Å². The fourth-order valence-corrected chi connectivity index (χ4v) is 3.26. The van der Waals surface area contributed by atoms with E-state index in [4.69, 9.17) is 9.47 Å². The second-order valence-electron chi connectivity index (χ2n) is 6.43. The molecule has 2 aliphatic heterocycles. The third-order valence-corrected chi connectivity index (χ3v) is 4.69. The molecule has 0 atom stereocenters. The summed E-state index contributed by atoms with van der Waals surface area (Å²) in [5.41, 5.74) is 3.55. The summed E-state index contributed by atoms with van der Waals surface area (Å²) in [5, 5.41) is 2.99. The third-order valence-electron chi connectivity index (χ3n) is 4.69. The van der Waals surface area contributed by atoms with Gasteiger partial charge in [0.15, 0.2) is 11.5 Å². The van der Waals surface area contributed by atoms with Crippen LogP contribution in [0, 0.1) is 0 Å². The van der Waals surface area contributed by atoms with Crippen molar-refractivity contribution in [3.63, 3.8) is 0 Å². The molecule has 2 aromatic rings. The number of amides is 2. The highest BCUT2D eigenvalue weighted by atomic mass is 16.6. The van der Waals surface area contributed by atoms with Crippen LogP contribution in [0.5, 0.6) is 11.5 Å². The summed E-state index contributed by atoms with van der Waals surface area (Å²) < 4.78 is 11.1. The van der Waals surface area contributed by atoms with Gasteiger partial charge in [-0.05, 0) is 35.3 Å². The van der Waals surface area contributed by atoms with Gasteiger partial charge in [-0.2, -0.15) is 0 Å². The predicted octanol–water partition coefficient (Wildman–Crippen LogP) is 3.46. The van der Waals surface area contributed by atoms with Crippen LogP contribution in [-0.4, -0.2) is 37.2 Å². The first-order valence-electron chi connectivity index (χ1n) is 8.95. The van der Waals surface area contributed by atoms with Gasteiger partial charge in [0, 0.05) is 19.6 Å². The van der Waals surface area contributed by atoms with Gasteiger partial charge in [0.25, 0.3) is 0 Å². The van der Waals surface area contributed by atoms with Gasteiger partial charge in [-0.25, -0.2) is 4.79 Å². The molecule has 0 spiro atoms. The Bertz CT molecular complexity index is 817. The maximum absolute atomic E-state index is 12.4. The highest BCUT2D eigenvalue weighted by Gasteiger charge is 2.18. The minimum Gasteiger partial charge on any atom is -0.486 e. The molecule has 0 aliphatic carbocycles. The lowest BCUT2D eigenvalue weighted by atomic mass is 10.00. The van der Waals surface area contributed by atoms with Crippen LogP contribution in [0.3, 0.4) is 0 Å². The van der Waals surface area contributed by atoms with Crippen molar-refractivity contribution >= 4 is 11.6 Å². The van der Waals surface area contributed by atoms with E-state index in [-0.39, 0.29) is 6.03 Å². The molecule has 0 unspecified atom stereocenters. The van der Waals surface area contributed by atoms with E-state index in [1.54, 1.807) is 0 Å². The van der Waals surface area contributed by atoms with Crippen LogP contribution in [-0.2, 0) is 6.54 Å². The van der Waals surface area contributed by atoms with Crippen LogP contribution in [0.25, 0.3) is 5.57 Å². The molecule has 2 heterocycles. The van der Waals surface area contributed by atoms with Gasteiger partial charge in [-0.15, -0.1) is 0 Å². The number of nitrogens with one attached hydrogen (secondary N) is 1. The zero-order valence-electron chi connectivity index (χ0n) is 14.6. The summed E-state index contributed by atoms with van der Waals surface area (Å²) in [6.07, 6.45) is 3.02. The SMILES string of the molecule is O=C(NCc1ccc2c(c1)OCCO2)N1CC=C(c2ccccc2)CC1. The highest BCUT2D eigenvalue weighted by molar-refractivity contribution is 5.76. The first-order valence-corrected chi connectivity index (χ1v) is 8.95. The van der Waals surface area contributed by atoms with Gasteiger partial charge < -0.3 is 19.7 Å². The summed E-state index contributed by atoms with van der Waals surface area (Å²) >= 11 is 0. The Balaban J connectivity index is 1.32. The standard InChI is InChI=1S/C21H22N2O3/c24-21(22-15-16-6-7-19-20(14-16)26-13-12-25-19)23-10-8-18(9-11-23)17-4-2-1-3-5-17/h1-8,14H,9-13,15H2,(H,22,24). The zero-order valence-corrected chi connectivity index (χ0v) is 14.6. The average Bonchev–Trinajstić information content (AvgIpc) is 2.72. The number of carbonyl (C=O) groups is 1. The second-order valence-corrected chi connectivity index (χ2v) is 6.43. The molecule has 1 N–H and O–H groups in total. The van der Waals surface area contributed by atoms with Gasteiger partial charge >= 0.3 is 6.03 Å². The Kier molecular flexibility index (Phi) is 4.78. The van der Waals surface area contributed by atoms with Gasteiger partial charge in [0.2, 0.25) is 0 Å². The Morgan fingerprint density at radius 3 is 2.62 bits per heavy atom. The first kappa shape index (κ1) is 16.5. The second kappa shape index (κ2) is 7.52. The molecular formula is C21H22N2O3. The van der Waals surface area contributed by atoms with Crippen molar-refractivity contribution in [2.24, 2.45) is 0 Å². The number of hydrogen-bond acceptors (Lipinski definition) is 3. The number of carbonyl (C=O) groups excluding carboxylic acids is 1. The molecule has 0 fully saturated rings. The molecule has 0 saturated carbocycles. The van der Waals surface area contributed by atoms with Crippen molar-refractivity contribution in [1.29, 1.82) is 0 Å². The van der Waals surface area contributed by atoms with Crippen LogP contribution in [0.2, 0.25) is 0 Å². The normalized spacial score (nSPS) is 16.0. The minimum atomic E-state index is -0.0387. The Hall–Kier alpha value is -2.95. The molecule has 5 nitrogen and oxygen atoms in total. The molecule has 0 radical (unpaired) electrons. The zero-order chi connectivity index (χ0) is 17.8. The Morgan fingerprint density at radius 2 is 1.85 bits per heavy atom. The topological polar surface area (TPSA) is 50.8 Å². The average molecular weight is 350 g/mol. The van der Waals surface area contributed by atoms with Crippen molar-refractivity contribution in [2.45, 2.75) is 13.0 Å². The molecule has 134 valence electrons. The molecule has 0 bridgehead atoms. The summed E-state index contributed by atoms with van der Waals surface area (Å²) in [7, 11) is 0. The van der Waals surface area contributed by atoms with E-state index in [1.165, 1.54) is 11.1 Å². The summed E-state index contributed by atoms with van der Waals surface area (Å²) in [6.45, 7) is 2.98. The molecule has 0 saturated heterocycles. The van der Waals surface area contributed by atoms with Crippen molar-refractivity contribution in [2.75, 3.05) is 26.3 Å². The fraction of sp³-hybridized carbons (Fsp3) is 0.286. The third kappa shape index (κ3) is 3.67. The fourth-order valence-electron chi connectivity index (χ4n) is 3.26. The van der Waals surface area contributed by atoms with Gasteiger partial charge in [0.05, 0.1) is 0 Å². The van der Waals surface area contributed by atoms with Gasteiger partial charge in [0.1, 0.15) is 13.2 Å². The maximum atomic E-state index is 12.4. The van der Waals surface area contributed by atoms with E-state index in [1.807, 2.05) is 41.3 Å². The quantitative estimate of drug-likeness (QED) is 0.922. The van der Waals surface area contributed by atoms with E-state index in [0.717, 1.165) is 30.0 Å². The molecule has 4 rings (SSSR count). The predicted molar refractivity (Wildman–Crippen MR) is 100 cm³/mol. The number of benzene rings is 2. The van der Waals surface area contributed by atoms with Crippen LogP contribution in [0.1, 0.15) is 17.5 Å². The molecule has 5 heteroatoms. The van der Waals surface area contributed by atoms with E-state index in [2.05, 4.69) is 23.5 Å². The Morgan fingerprint density at radius 1 is 1.04 bits per heavy atom. The molecule has 2 aromatic carbocycles. The van der Waals surface area contributed by atoms with Crippen molar-refractivity contribution in [3.05, 3.63) is 65.7 Å². The number of nitrogens with zero attached hydrogens (tertiary/aromatic N) is 1. The molecular weight excluding hydrogens is 328 g/mol. The van der Waals surface area contributed by atoms with E-state index < -0.39 is 0 Å². The van der Waals surface area contributed by atoms with Crippen molar-refractivity contribution in [3.8, 4) is 11.5 Å². The van der Waals surface area contributed by atoms with E-state index in [9.17, 15) is 4.79 Å². The summed E-state index contributed by atoms with van der Waals surface area (Å²) in [6, 6.07) is 16.1. The number of ether oxygens (including phenoxy) is 2. The largest absolute Gasteiger partial charge is 0.486 e. The number of hydrogen-bond donors (Lipinski definition) is 1. The molecule has 0 aromatic heterocycles. The number of rotatable bonds is 3. The Labute approximate surface area is 153 Å². The van der Waals surface area contributed by atoms with Crippen LogP contribution in [0.4, 0.5) is 4.79 Å². The smallest absolute Gasteiger partial charge is 0.317 e. The lowest BCUT2D eigenvalue weighted by Gasteiger charge is -2.27. The molecule has 26 heavy (non-hydrogen) atoms. The van der Waals surface area contributed by atoms with Crippen LogP contribution in [0.15, 0.2) is 54.6 Å². The lowest BCUT2D eigenvalue weighted by molar-refractivity contribution is 0.171. The van der Waals surface area contributed by atoms with Gasteiger partial charge in [-0.3, -0.25) is 0 Å². The summed E-state index contributed by atoms with van der Waals surface area (Å²) in [4.78, 5) is 14.3.